The molecule has 1 aromatic carbocycles. The first-order valence-electron chi connectivity index (χ1n) is 13.8. The van der Waals surface area contributed by atoms with E-state index in [1.807, 2.05) is 6.08 Å². The maximum atomic E-state index is 12.8. The van der Waals surface area contributed by atoms with Crippen molar-refractivity contribution < 1.29 is 4.39 Å². The summed E-state index contributed by atoms with van der Waals surface area (Å²) in [5.74, 6) is 2.22. The lowest BCUT2D eigenvalue weighted by molar-refractivity contribution is 0.260. The minimum absolute atomic E-state index is 0.711. The van der Waals surface area contributed by atoms with Gasteiger partial charge in [0.1, 0.15) is 6.07 Å². The van der Waals surface area contributed by atoms with Crippen molar-refractivity contribution in [1.82, 2.24) is 0 Å². The van der Waals surface area contributed by atoms with Gasteiger partial charge in [-0.25, -0.2) is 0 Å². The summed E-state index contributed by atoms with van der Waals surface area (Å²) < 4.78 is 12.8. The second-order valence-electron chi connectivity index (χ2n) is 10.7. The van der Waals surface area contributed by atoms with Gasteiger partial charge in [0.05, 0.1) is 0 Å². The molecule has 0 aliphatic heterocycles. The molecule has 0 N–H and O–H groups in total. The molecule has 0 atom stereocenters. The molecule has 34 heavy (non-hydrogen) atoms. The molecule has 0 bridgehead atoms. The number of halogens is 1. The highest BCUT2D eigenvalue weighted by Gasteiger charge is 2.29. The Morgan fingerprint density at radius 3 is 2.26 bits per heavy atom. The molecule has 0 radical (unpaired) electrons. The molecule has 2 aliphatic carbocycles. The lowest BCUT2D eigenvalue weighted by Crippen LogP contribution is -2.22. The Balaban J connectivity index is 1.36. The van der Waals surface area contributed by atoms with Crippen LogP contribution in [-0.2, 0) is 6.42 Å². The summed E-state index contributed by atoms with van der Waals surface area (Å²) in [5, 5.41) is 8.43. The first-order chi connectivity index (χ1) is 16.6. The number of hydrogen-bond acceptors (Lipinski definition) is 1. The van der Waals surface area contributed by atoms with Crippen LogP contribution in [-0.4, -0.2) is 0 Å². The molecule has 3 rings (SSSR count). The van der Waals surface area contributed by atoms with Gasteiger partial charge in [-0.15, -0.1) is 0 Å². The average molecular weight is 462 g/mol. The Bertz CT molecular complexity index is 840. The largest absolute Gasteiger partial charge is 0.199 e. The summed E-state index contributed by atoms with van der Waals surface area (Å²) in [6, 6.07) is 11.0. The predicted octanol–water partition coefficient (Wildman–Crippen LogP) is 9.77. The van der Waals surface area contributed by atoms with Gasteiger partial charge in [-0.3, -0.25) is 0 Å². The van der Waals surface area contributed by atoms with E-state index in [0.29, 0.717) is 5.92 Å². The third kappa shape index (κ3) is 8.26. The molecular weight excluding hydrogens is 417 g/mol. The minimum Gasteiger partial charge on any atom is -0.195 e. The molecular formula is C32H44FN. The molecule has 0 aromatic heterocycles. The van der Waals surface area contributed by atoms with Crippen molar-refractivity contribution in [2.45, 2.75) is 103 Å². The van der Waals surface area contributed by atoms with Gasteiger partial charge in [0.15, 0.2) is 5.83 Å². The van der Waals surface area contributed by atoms with Crippen molar-refractivity contribution in [2.75, 3.05) is 0 Å². The zero-order chi connectivity index (χ0) is 24.2. The molecule has 0 amide bonds. The molecule has 0 saturated heterocycles. The quantitative estimate of drug-likeness (QED) is 0.139. The Morgan fingerprint density at radius 2 is 1.65 bits per heavy atom. The summed E-state index contributed by atoms with van der Waals surface area (Å²) in [4.78, 5) is 0. The van der Waals surface area contributed by atoms with E-state index in [1.54, 1.807) is 17.2 Å². The van der Waals surface area contributed by atoms with Gasteiger partial charge in [-0.1, -0.05) is 68.3 Å². The van der Waals surface area contributed by atoms with Crippen LogP contribution >= 0.6 is 0 Å². The lowest BCUT2D eigenvalue weighted by Gasteiger charge is -2.36. The number of rotatable bonds is 11. The van der Waals surface area contributed by atoms with Gasteiger partial charge in [0.25, 0.3) is 0 Å². The fraction of sp³-hybridized carbons (Fsp3) is 0.594. The Morgan fingerprint density at radius 1 is 1.00 bits per heavy atom. The molecule has 1 aromatic rings. The van der Waals surface area contributed by atoms with Gasteiger partial charge < -0.3 is 0 Å². The molecule has 2 saturated carbocycles. The minimum atomic E-state index is -0.722. The molecule has 2 fully saturated rings. The van der Waals surface area contributed by atoms with Crippen LogP contribution in [0.15, 0.2) is 60.5 Å². The maximum absolute atomic E-state index is 12.8. The third-order valence-corrected chi connectivity index (χ3v) is 8.37. The lowest BCUT2D eigenvalue weighted by atomic mass is 9.69. The topological polar surface area (TPSA) is 23.8 Å². The highest BCUT2D eigenvalue weighted by atomic mass is 19.1. The summed E-state index contributed by atoms with van der Waals surface area (Å²) in [5.41, 5.74) is 4.58. The first-order valence-corrected chi connectivity index (χ1v) is 13.8. The van der Waals surface area contributed by atoms with E-state index in [-0.39, 0.29) is 0 Å². The second-order valence-corrected chi connectivity index (χ2v) is 10.7. The van der Waals surface area contributed by atoms with Gasteiger partial charge in [0, 0.05) is 0 Å². The van der Waals surface area contributed by atoms with Crippen LogP contribution in [0.5, 0.6) is 0 Å². The van der Waals surface area contributed by atoms with Crippen molar-refractivity contribution in [3.05, 3.63) is 71.6 Å². The van der Waals surface area contributed by atoms with Crippen LogP contribution in [0.25, 0.3) is 0 Å². The molecule has 184 valence electrons. The number of aryl methyl sites for hydroxylation is 1. The fourth-order valence-corrected chi connectivity index (χ4v) is 6.11. The Labute approximate surface area is 207 Å². The SMILES string of the molecule is C=C(C1CCC(CC/C=C/C=C(\F)C#N)CC1)C1CCC(c2ccc(CCCCC)cc2)CC1. The van der Waals surface area contributed by atoms with Gasteiger partial charge in [0.2, 0.25) is 0 Å². The number of nitriles is 1. The standard InChI is InChI=1S/C32H44FN/c1-3-4-6-9-26-14-18-30(19-15-26)31-22-20-29(21-23-31)25(2)28-16-12-27(13-17-28)10-7-5-8-11-32(33)24-34/h5,8,11,14-15,18-19,27-29,31H,2-4,6-7,9-10,12-13,16-17,20-23H2,1H3/b8-5+,32-11-. The monoisotopic (exact) mass is 461 g/mol. The summed E-state index contributed by atoms with van der Waals surface area (Å²) in [7, 11) is 0. The van der Waals surface area contributed by atoms with Crippen LogP contribution in [0.4, 0.5) is 4.39 Å². The van der Waals surface area contributed by atoms with Gasteiger partial charge in [-0.05, 0) is 118 Å². The van der Waals surface area contributed by atoms with Crippen molar-refractivity contribution in [1.29, 1.82) is 5.26 Å². The van der Waals surface area contributed by atoms with E-state index in [4.69, 9.17) is 5.26 Å². The molecule has 2 heteroatoms. The highest BCUT2D eigenvalue weighted by molar-refractivity contribution is 5.26. The van der Waals surface area contributed by atoms with Crippen molar-refractivity contribution in [2.24, 2.45) is 17.8 Å². The number of hydrogen-bond donors (Lipinski definition) is 0. The predicted molar refractivity (Wildman–Crippen MR) is 142 cm³/mol. The Hall–Kier alpha value is -2.14. The van der Waals surface area contributed by atoms with E-state index in [0.717, 1.165) is 24.2 Å². The number of allylic oxidation sites excluding steroid dienone is 5. The maximum Gasteiger partial charge on any atom is 0.199 e. The van der Waals surface area contributed by atoms with E-state index in [2.05, 4.69) is 37.8 Å². The van der Waals surface area contributed by atoms with Crippen LogP contribution in [0.3, 0.4) is 0 Å². The normalized spacial score (nSPS) is 25.9. The van der Waals surface area contributed by atoms with E-state index >= 15 is 0 Å². The van der Waals surface area contributed by atoms with E-state index < -0.39 is 5.83 Å². The molecule has 1 nitrogen and oxygen atoms in total. The van der Waals surface area contributed by atoms with Crippen LogP contribution in [0.2, 0.25) is 0 Å². The summed E-state index contributed by atoms with van der Waals surface area (Å²) in [6.07, 6.45) is 22.6. The van der Waals surface area contributed by atoms with Gasteiger partial charge in [-0.2, -0.15) is 9.65 Å². The van der Waals surface area contributed by atoms with Crippen LogP contribution in [0.1, 0.15) is 107 Å². The fourth-order valence-electron chi connectivity index (χ4n) is 6.11. The van der Waals surface area contributed by atoms with Gasteiger partial charge >= 0.3 is 0 Å². The van der Waals surface area contributed by atoms with Crippen LogP contribution in [0, 0.1) is 29.1 Å². The molecule has 0 spiro atoms. The number of unbranched alkanes of at least 4 members (excludes halogenated alkanes) is 2. The van der Waals surface area contributed by atoms with Crippen molar-refractivity contribution >= 4 is 0 Å². The van der Waals surface area contributed by atoms with E-state index in [9.17, 15) is 4.39 Å². The molecule has 0 heterocycles. The van der Waals surface area contributed by atoms with Crippen LogP contribution < -0.4 is 0 Å². The average Bonchev–Trinajstić information content (AvgIpc) is 2.89. The van der Waals surface area contributed by atoms with Crippen molar-refractivity contribution in [3.63, 3.8) is 0 Å². The summed E-state index contributed by atoms with van der Waals surface area (Å²) >= 11 is 0. The third-order valence-electron chi connectivity index (χ3n) is 8.37. The smallest absolute Gasteiger partial charge is 0.195 e. The summed E-state index contributed by atoms with van der Waals surface area (Å²) in [6.45, 7) is 6.87. The molecule has 0 unspecified atom stereocenters. The van der Waals surface area contributed by atoms with E-state index in [1.165, 1.54) is 101 Å². The number of benzene rings is 1. The molecule has 2 aliphatic rings. The first kappa shape index (κ1) is 26.5. The zero-order valence-electron chi connectivity index (χ0n) is 21.3. The van der Waals surface area contributed by atoms with Crippen molar-refractivity contribution in [3.8, 4) is 6.07 Å². The zero-order valence-corrected chi connectivity index (χ0v) is 21.3. The Kier molecular flexibility index (Phi) is 11.1. The number of nitrogens with zero attached hydrogens (tertiary/aromatic N) is 1. The second kappa shape index (κ2) is 14.3. The highest BCUT2D eigenvalue weighted by Crippen LogP contribution is 2.44.